The number of allylic oxidation sites excluding steroid dienone is 1. The highest BCUT2D eigenvalue weighted by Gasteiger charge is 2.28. The number of nitrogens with zero attached hydrogens (tertiary/aromatic N) is 1. The Morgan fingerprint density at radius 1 is 1.06 bits per heavy atom. The second kappa shape index (κ2) is 8.67. The molecule has 0 radical (unpaired) electrons. The maximum Gasteiger partial charge on any atom is 0.255 e. The van der Waals surface area contributed by atoms with Crippen LogP contribution in [-0.2, 0) is 6.42 Å². The van der Waals surface area contributed by atoms with Gasteiger partial charge in [-0.1, -0.05) is 18.2 Å². The lowest BCUT2D eigenvalue weighted by molar-refractivity contribution is 0.102. The van der Waals surface area contributed by atoms with Gasteiger partial charge < -0.3 is 15.4 Å². The van der Waals surface area contributed by atoms with Gasteiger partial charge in [-0.3, -0.25) is 14.6 Å². The van der Waals surface area contributed by atoms with E-state index in [0.717, 1.165) is 29.0 Å². The molecule has 0 saturated heterocycles. The van der Waals surface area contributed by atoms with E-state index in [-0.39, 0.29) is 17.2 Å². The largest absolute Gasteiger partial charge is 0.497 e. The maximum atomic E-state index is 13.1. The fourth-order valence-electron chi connectivity index (χ4n) is 3.82. The molecule has 1 aliphatic heterocycles. The predicted molar refractivity (Wildman–Crippen MR) is 125 cm³/mol. The van der Waals surface area contributed by atoms with Crippen molar-refractivity contribution in [2.24, 2.45) is 0 Å². The van der Waals surface area contributed by atoms with Crippen LogP contribution >= 0.6 is 0 Å². The summed E-state index contributed by atoms with van der Waals surface area (Å²) in [4.78, 5) is 29.5. The van der Waals surface area contributed by atoms with Crippen molar-refractivity contribution in [1.29, 1.82) is 0 Å². The molecule has 2 heterocycles. The number of pyridine rings is 1. The van der Waals surface area contributed by atoms with E-state index in [2.05, 4.69) is 29.5 Å². The Morgan fingerprint density at radius 3 is 2.59 bits per heavy atom. The zero-order valence-corrected chi connectivity index (χ0v) is 18.3. The van der Waals surface area contributed by atoms with E-state index in [1.54, 1.807) is 62.0 Å². The molecule has 162 valence electrons. The average molecular weight is 428 g/mol. The summed E-state index contributed by atoms with van der Waals surface area (Å²) in [6.07, 6.45) is 5.58. The fourth-order valence-corrected chi connectivity index (χ4v) is 3.82. The molecular formula is C26H25N3O3. The highest BCUT2D eigenvalue weighted by molar-refractivity contribution is 6.10. The second-order valence-corrected chi connectivity index (χ2v) is 8.40. The lowest BCUT2D eigenvalue weighted by Crippen LogP contribution is -2.43. The molecule has 3 aromatic rings. The van der Waals surface area contributed by atoms with Crippen LogP contribution in [-0.4, -0.2) is 29.3 Å². The lowest BCUT2D eigenvalue weighted by Gasteiger charge is -2.35. The number of aromatic nitrogens is 1. The number of carbonyl (C=O) groups is 2. The maximum absolute atomic E-state index is 13.1. The Kier molecular flexibility index (Phi) is 5.77. The van der Waals surface area contributed by atoms with Gasteiger partial charge in [-0.15, -0.1) is 0 Å². The van der Waals surface area contributed by atoms with Gasteiger partial charge in [-0.25, -0.2) is 0 Å². The van der Waals surface area contributed by atoms with Crippen LogP contribution in [0.4, 0.5) is 5.69 Å². The highest BCUT2D eigenvalue weighted by Crippen LogP contribution is 2.32. The Morgan fingerprint density at radius 2 is 1.84 bits per heavy atom. The van der Waals surface area contributed by atoms with Crippen LogP contribution in [0.2, 0.25) is 0 Å². The molecule has 0 aliphatic carbocycles. The summed E-state index contributed by atoms with van der Waals surface area (Å²) in [6.45, 7) is 4.21. The number of ether oxygens (including phenoxy) is 1. The molecule has 0 saturated carbocycles. The van der Waals surface area contributed by atoms with Crippen LogP contribution in [0.1, 0.15) is 45.7 Å². The summed E-state index contributed by atoms with van der Waals surface area (Å²) in [5.74, 6) is 0.329. The molecule has 0 atom stereocenters. The SMILES string of the molecule is COc1ccc2c(c1)C(=CC(=O)c1cccc(NC(=O)c3ccncc3)c1)NC(C)(C)C2. The molecule has 32 heavy (non-hydrogen) atoms. The summed E-state index contributed by atoms with van der Waals surface area (Å²) in [5.41, 5.74) is 4.22. The van der Waals surface area contributed by atoms with E-state index in [0.29, 0.717) is 16.8 Å². The van der Waals surface area contributed by atoms with Gasteiger partial charge in [0.15, 0.2) is 5.78 Å². The second-order valence-electron chi connectivity index (χ2n) is 8.40. The smallest absolute Gasteiger partial charge is 0.255 e. The first-order chi connectivity index (χ1) is 15.3. The minimum atomic E-state index is -0.257. The van der Waals surface area contributed by atoms with Crippen LogP contribution in [0.15, 0.2) is 73.1 Å². The van der Waals surface area contributed by atoms with E-state index < -0.39 is 0 Å². The Balaban J connectivity index is 1.61. The number of fused-ring (bicyclic) bond motifs is 1. The van der Waals surface area contributed by atoms with Crippen molar-refractivity contribution >= 4 is 23.1 Å². The van der Waals surface area contributed by atoms with Gasteiger partial charge in [-0.05, 0) is 62.2 Å². The van der Waals surface area contributed by atoms with Crippen molar-refractivity contribution < 1.29 is 14.3 Å². The van der Waals surface area contributed by atoms with Crippen LogP contribution in [0.25, 0.3) is 5.70 Å². The molecule has 2 aromatic carbocycles. The number of methoxy groups -OCH3 is 1. The zero-order chi connectivity index (χ0) is 22.7. The van der Waals surface area contributed by atoms with E-state index in [4.69, 9.17) is 4.74 Å². The minimum absolute atomic E-state index is 0.154. The highest BCUT2D eigenvalue weighted by atomic mass is 16.5. The number of benzene rings is 2. The summed E-state index contributed by atoms with van der Waals surface area (Å²) < 4.78 is 5.38. The minimum Gasteiger partial charge on any atom is -0.497 e. The molecule has 2 N–H and O–H groups in total. The van der Waals surface area contributed by atoms with E-state index in [1.165, 1.54) is 0 Å². The Bertz CT molecular complexity index is 1200. The first-order valence-corrected chi connectivity index (χ1v) is 10.4. The number of nitrogens with one attached hydrogen (secondary N) is 2. The first-order valence-electron chi connectivity index (χ1n) is 10.4. The molecule has 0 bridgehead atoms. The number of hydrogen-bond acceptors (Lipinski definition) is 5. The predicted octanol–water partition coefficient (Wildman–Crippen LogP) is 4.49. The van der Waals surface area contributed by atoms with Gasteiger partial charge in [0.1, 0.15) is 5.75 Å². The van der Waals surface area contributed by atoms with Gasteiger partial charge in [0.2, 0.25) is 0 Å². The Labute approximate surface area is 187 Å². The topological polar surface area (TPSA) is 80.3 Å². The number of ketones is 1. The molecule has 4 rings (SSSR count). The Hall–Kier alpha value is -3.93. The van der Waals surface area contributed by atoms with E-state index >= 15 is 0 Å². The summed E-state index contributed by atoms with van der Waals surface area (Å²) >= 11 is 0. The van der Waals surface area contributed by atoms with E-state index in [9.17, 15) is 9.59 Å². The monoisotopic (exact) mass is 427 g/mol. The van der Waals surface area contributed by atoms with Crippen molar-refractivity contribution in [2.45, 2.75) is 25.8 Å². The standard InChI is InChI=1S/C26H25N3O3/c1-26(2)16-19-7-8-21(32-3)14-22(19)23(29-26)15-24(30)18-5-4-6-20(13-18)28-25(31)17-9-11-27-12-10-17/h4-15,29H,16H2,1-3H3,(H,28,31). The number of rotatable bonds is 5. The average Bonchev–Trinajstić information content (AvgIpc) is 2.79. The summed E-state index contributed by atoms with van der Waals surface area (Å²) in [6, 6.07) is 16.1. The normalized spacial score (nSPS) is 15.4. The van der Waals surface area contributed by atoms with Crippen LogP contribution in [0.3, 0.4) is 0 Å². The van der Waals surface area contributed by atoms with Gasteiger partial charge in [0, 0.05) is 52.1 Å². The van der Waals surface area contributed by atoms with Crippen LogP contribution in [0, 0.1) is 0 Å². The van der Waals surface area contributed by atoms with Gasteiger partial charge in [-0.2, -0.15) is 0 Å². The molecule has 0 spiro atoms. The lowest BCUT2D eigenvalue weighted by atomic mass is 9.85. The number of anilines is 1. The molecule has 1 aromatic heterocycles. The van der Waals surface area contributed by atoms with Crippen LogP contribution < -0.4 is 15.4 Å². The van der Waals surface area contributed by atoms with Gasteiger partial charge >= 0.3 is 0 Å². The third kappa shape index (κ3) is 4.70. The zero-order valence-electron chi connectivity index (χ0n) is 18.3. The van der Waals surface area contributed by atoms with E-state index in [1.807, 2.05) is 18.2 Å². The number of carbonyl (C=O) groups excluding carboxylic acids is 2. The van der Waals surface area contributed by atoms with Crippen LogP contribution in [0.5, 0.6) is 5.75 Å². The molecule has 1 aliphatic rings. The summed E-state index contributed by atoms with van der Waals surface area (Å²) in [5, 5.41) is 6.31. The van der Waals surface area contributed by atoms with Crippen molar-refractivity contribution in [3.05, 3.63) is 95.3 Å². The third-order valence-electron chi connectivity index (χ3n) is 5.34. The van der Waals surface area contributed by atoms with Crippen molar-refractivity contribution in [3.8, 4) is 5.75 Å². The summed E-state index contributed by atoms with van der Waals surface area (Å²) in [7, 11) is 1.63. The first kappa shape index (κ1) is 21.3. The molecule has 1 amide bonds. The molecule has 6 heteroatoms. The quantitative estimate of drug-likeness (QED) is 0.463. The van der Waals surface area contributed by atoms with Crippen molar-refractivity contribution in [1.82, 2.24) is 10.3 Å². The van der Waals surface area contributed by atoms with Crippen molar-refractivity contribution in [2.75, 3.05) is 12.4 Å². The molecule has 6 nitrogen and oxygen atoms in total. The van der Waals surface area contributed by atoms with Crippen molar-refractivity contribution in [3.63, 3.8) is 0 Å². The number of amides is 1. The molecule has 0 fully saturated rings. The molecule has 0 unspecified atom stereocenters. The fraction of sp³-hybridized carbons (Fsp3) is 0.192. The van der Waals surface area contributed by atoms with Gasteiger partial charge in [0.25, 0.3) is 5.91 Å². The third-order valence-corrected chi connectivity index (χ3v) is 5.34. The molecular weight excluding hydrogens is 402 g/mol. The number of hydrogen-bond donors (Lipinski definition) is 2. The van der Waals surface area contributed by atoms with Gasteiger partial charge in [0.05, 0.1) is 7.11 Å².